The molecule has 164 valence electrons. The maximum absolute atomic E-state index is 9.51. The first kappa shape index (κ1) is 22.0. The van der Waals surface area contributed by atoms with Gasteiger partial charge >= 0.3 is 0 Å². The minimum absolute atomic E-state index is 0.0352. The summed E-state index contributed by atoms with van der Waals surface area (Å²) in [6.45, 7) is 0.193. The molecule has 0 bridgehead atoms. The Hall–Kier alpha value is -4.18. The zero-order valence-electron chi connectivity index (χ0n) is 16.9. The number of nitrogens with zero attached hydrogens (tertiary/aromatic N) is 4. The molecule has 0 spiro atoms. The van der Waals surface area contributed by atoms with Crippen LogP contribution in [-0.2, 0) is 6.61 Å². The van der Waals surface area contributed by atoms with E-state index in [4.69, 9.17) is 44.7 Å². The molecule has 0 aliphatic carbocycles. The zero-order valence-corrected chi connectivity index (χ0v) is 18.4. The van der Waals surface area contributed by atoms with Gasteiger partial charge in [0.15, 0.2) is 6.19 Å². The van der Waals surface area contributed by atoms with Crippen LogP contribution in [0.15, 0.2) is 47.5 Å². The third-order valence-electron chi connectivity index (χ3n) is 4.97. The van der Waals surface area contributed by atoms with Gasteiger partial charge in [-0.1, -0.05) is 41.4 Å². The second-order valence-electron chi connectivity index (χ2n) is 6.96. The Labute approximate surface area is 199 Å². The number of aromatic nitrogens is 1. The summed E-state index contributed by atoms with van der Waals surface area (Å²) in [5.41, 5.74) is 14.1. The van der Waals surface area contributed by atoms with Gasteiger partial charge in [0, 0.05) is 26.7 Å². The monoisotopic (exact) mass is 478 g/mol. The molecule has 11 heteroatoms. The number of guanidine groups is 1. The van der Waals surface area contributed by atoms with E-state index >= 15 is 0 Å². The van der Waals surface area contributed by atoms with Gasteiger partial charge in [-0.05, 0) is 24.3 Å². The number of nitrogens with one attached hydrogen (secondary N) is 2. The smallest absolute Gasteiger partial charge is 0.211 e. The number of hydrogen-bond donors (Lipinski definition) is 4. The van der Waals surface area contributed by atoms with Crippen LogP contribution in [0, 0.1) is 22.8 Å². The number of anilines is 3. The van der Waals surface area contributed by atoms with Gasteiger partial charge in [-0.2, -0.15) is 10.5 Å². The molecule has 1 aliphatic rings. The van der Waals surface area contributed by atoms with E-state index in [1.165, 1.54) is 0 Å². The molecule has 4 rings (SSSR count). The molecule has 0 radical (unpaired) electrons. The molecule has 3 aromatic rings. The lowest BCUT2D eigenvalue weighted by Crippen LogP contribution is -2.32. The van der Waals surface area contributed by atoms with Crippen LogP contribution in [0.25, 0.3) is 0 Å². The summed E-state index contributed by atoms with van der Waals surface area (Å²) in [5, 5.41) is 24.9. The van der Waals surface area contributed by atoms with E-state index in [2.05, 4.69) is 20.6 Å². The normalized spacial score (nSPS) is 14.2. The lowest BCUT2D eigenvalue weighted by molar-refractivity contribution is 0.302. The van der Waals surface area contributed by atoms with Crippen molar-refractivity contribution in [2.45, 2.75) is 12.6 Å². The summed E-state index contributed by atoms with van der Waals surface area (Å²) in [4.78, 5) is 8.81. The van der Waals surface area contributed by atoms with Crippen molar-refractivity contribution in [1.82, 2.24) is 10.3 Å². The number of ether oxygens (including phenoxy) is 1. The molecule has 6 N–H and O–H groups in total. The molecule has 33 heavy (non-hydrogen) atoms. The first-order chi connectivity index (χ1) is 15.9. The van der Waals surface area contributed by atoms with Gasteiger partial charge in [0.2, 0.25) is 5.96 Å². The number of pyridine rings is 1. The summed E-state index contributed by atoms with van der Waals surface area (Å²) >= 11 is 12.6. The largest absolute Gasteiger partial charge is 0.488 e. The molecule has 0 saturated carbocycles. The summed E-state index contributed by atoms with van der Waals surface area (Å²) in [6.07, 6.45) is 1.81. The topological polar surface area (TPSA) is 158 Å². The van der Waals surface area contributed by atoms with Crippen LogP contribution in [0.5, 0.6) is 5.75 Å². The van der Waals surface area contributed by atoms with E-state index in [9.17, 15) is 5.26 Å². The Bertz CT molecular complexity index is 1360. The van der Waals surface area contributed by atoms with Crippen LogP contribution >= 0.6 is 23.2 Å². The van der Waals surface area contributed by atoms with Gasteiger partial charge < -0.3 is 21.5 Å². The molecule has 1 unspecified atom stereocenters. The predicted octanol–water partition coefficient (Wildman–Crippen LogP) is 3.95. The van der Waals surface area contributed by atoms with Crippen molar-refractivity contribution in [1.29, 1.82) is 10.5 Å². The van der Waals surface area contributed by atoms with E-state index in [-0.39, 0.29) is 35.5 Å². The molecule has 9 nitrogen and oxygen atoms in total. The molecule has 2 heterocycles. The van der Waals surface area contributed by atoms with Crippen molar-refractivity contribution in [2.75, 3.05) is 16.8 Å². The van der Waals surface area contributed by atoms with Crippen LogP contribution in [0.2, 0.25) is 10.0 Å². The third-order valence-corrected chi connectivity index (χ3v) is 5.57. The number of fused-ring (bicyclic) bond motifs is 1. The van der Waals surface area contributed by atoms with Crippen molar-refractivity contribution in [3.05, 3.63) is 74.8 Å². The molecule has 0 fully saturated rings. The van der Waals surface area contributed by atoms with Crippen LogP contribution in [0.3, 0.4) is 0 Å². The summed E-state index contributed by atoms with van der Waals surface area (Å²) < 4.78 is 6.07. The molecule has 1 aromatic heterocycles. The maximum atomic E-state index is 9.51. The summed E-state index contributed by atoms with van der Waals surface area (Å²) in [7, 11) is 0. The SMILES string of the molecule is N#CNC1=NC(c2cc(Cl)ccc2OCc2ccccc2Cl)c2c(nc(N)c(C#N)c2N)N1. The minimum Gasteiger partial charge on any atom is -0.488 e. The third kappa shape index (κ3) is 4.28. The van der Waals surface area contributed by atoms with E-state index in [1.54, 1.807) is 24.3 Å². The Morgan fingerprint density at radius 2 is 1.94 bits per heavy atom. The lowest BCUT2D eigenvalue weighted by Gasteiger charge is -2.27. The number of hydrogen-bond acceptors (Lipinski definition) is 9. The Balaban J connectivity index is 1.84. The maximum Gasteiger partial charge on any atom is 0.211 e. The summed E-state index contributed by atoms with van der Waals surface area (Å²) in [5.74, 6) is 0.813. The highest BCUT2D eigenvalue weighted by atomic mass is 35.5. The molecule has 1 atom stereocenters. The van der Waals surface area contributed by atoms with Crippen LogP contribution in [-0.4, -0.2) is 10.9 Å². The number of aliphatic imine (C=N–C) groups is 1. The number of nitriles is 2. The van der Waals surface area contributed by atoms with Gasteiger partial charge in [-0.15, -0.1) is 0 Å². The Morgan fingerprint density at radius 3 is 2.67 bits per heavy atom. The molecular formula is C22H16Cl2N8O. The van der Waals surface area contributed by atoms with Gasteiger partial charge in [-0.25, -0.2) is 9.98 Å². The quantitative estimate of drug-likeness (QED) is 0.324. The second kappa shape index (κ2) is 9.13. The minimum atomic E-state index is -0.794. The number of halogens is 2. The van der Waals surface area contributed by atoms with Crippen molar-refractivity contribution < 1.29 is 4.74 Å². The van der Waals surface area contributed by atoms with Crippen molar-refractivity contribution in [2.24, 2.45) is 4.99 Å². The lowest BCUT2D eigenvalue weighted by atomic mass is 9.94. The fourth-order valence-corrected chi connectivity index (χ4v) is 3.81. The van der Waals surface area contributed by atoms with Crippen LogP contribution < -0.4 is 26.8 Å². The van der Waals surface area contributed by atoms with Crippen LogP contribution in [0.1, 0.15) is 28.3 Å². The highest BCUT2D eigenvalue weighted by molar-refractivity contribution is 6.31. The average Bonchev–Trinajstić information content (AvgIpc) is 2.79. The van der Waals surface area contributed by atoms with Gasteiger partial charge in [0.1, 0.15) is 41.7 Å². The van der Waals surface area contributed by atoms with E-state index in [0.29, 0.717) is 26.9 Å². The number of benzene rings is 2. The molecular weight excluding hydrogens is 463 g/mol. The first-order valence-corrected chi connectivity index (χ1v) is 10.3. The highest BCUT2D eigenvalue weighted by Crippen LogP contribution is 2.44. The van der Waals surface area contributed by atoms with Gasteiger partial charge in [-0.3, -0.25) is 5.32 Å². The van der Waals surface area contributed by atoms with E-state index < -0.39 is 6.04 Å². The molecule has 0 amide bonds. The predicted molar refractivity (Wildman–Crippen MR) is 127 cm³/mol. The number of rotatable bonds is 4. The average molecular weight is 479 g/mol. The second-order valence-corrected chi connectivity index (χ2v) is 7.81. The Morgan fingerprint density at radius 1 is 1.15 bits per heavy atom. The summed E-state index contributed by atoms with van der Waals surface area (Å²) in [6, 6.07) is 13.6. The molecule has 0 saturated heterocycles. The molecule has 2 aromatic carbocycles. The van der Waals surface area contributed by atoms with E-state index in [1.807, 2.05) is 30.5 Å². The van der Waals surface area contributed by atoms with Crippen molar-refractivity contribution >= 4 is 46.5 Å². The number of nitrogens with two attached hydrogens (primary N) is 2. The zero-order chi connectivity index (χ0) is 23.5. The highest BCUT2D eigenvalue weighted by Gasteiger charge is 2.31. The van der Waals surface area contributed by atoms with Crippen molar-refractivity contribution in [3.8, 4) is 18.0 Å². The van der Waals surface area contributed by atoms with Gasteiger partial charge in [0.05, 0.1) is 5.69 Å². The fraction of sp³-hybridized carbons (Fsp3) is 0.0909. The molecule has 1 aliphatic heterocycles. The van der Waals surface area contributed by atoms with Crippen LogP contribution in [0.4, 0.5) is 17.3 Å². The van der Waals surface area contributed by atoms with E-state index in [0.717, 1.165) is 5.56 Å². The fourth-order valence-electron chi connectivity index (χ4n) is 3.44. The first-order valence-electron chi connectivity index (χ1n) is 9.57. The van der Waals surface area contributed by atoms with Gasteiger partial charge in [0.25, 0.3) is 0 Å². The number of nitrogen functional groups attached to an aromatic ring is 2. The standard InChI is InChI=1S/C22H16Cl2N8O/c23-12-5-6-16(33-9-11-3-1-2-4-15(11)24)13(7-12)19-17-18(27)14(8-25)20(28)31-21(17)32-22(30-19)29-10-26/h1-7,19H,9H2,(H6,27,28,29,30,31,32). The van der Waals surface area contributed by atoms with Crippen molar-refractivity contribution in [3.63, 3.8) is 0 Å². The Kier molecular flexibility index (Phi) is 6.09.